The molecule has 1 heterocycles. The van der Waals surface area contributed by atoms with Crippen molar-refractivity contribution in [2.45, 2.75) is 37.9 Å². The van der Waals surface area contributed by atoms with Crippen LogP contribution in [0.5, 0.6) is 11.5 Å². The van der Waals surface area contributed by atoms with Crippen LogP contribution in [-0.2, 0) is 10.6 Å². The molecule has 1 aliphatic rings. The van der Waals surface area contributed by atoms with Gasteiger partial charge < -0.3 is 14.2 Å². The van der Waals surface area contributed by atoms with Crippen LogP contribution in [0.2, 0.25) is 0 Å². The fourth-order valence-corrected chi connectivity index (χ4v) is 2.93. The van der Waals surface area contributed by atoms with Gasteiger partial charge in [0, 0.05) is 5.88 Å². The second kappa shape index (κ2) is 6.82. The van der Waals surface area contributed by atoms with Gasteiger partial charge in [0.15, 0.2) is 11.5 Å². The van der Waals surface area contributed by atoms with Gasteiger partial charge in [-0.3, -0.25) is 0 Å². The first kappa shape index (κ1) is 14.9. The van der Waals surface area contributed by atoms with Crippen LogP contribution in [0.1, 0.15) is 25.3 Å². The Bertz CT molecular complexity index is 439. The van der Waals surface area contributed by atoms with E-state index in [1.807, 2.05) is 12.1 Å². The van der Waals surface area contributed by atoms with Crippen LogP contribution in [0.15, 0.2) is 16.6 Å². The fraction of sp³-hybridized carbons (Fsp3) is 0.571. The maximum absolute atomic E-state index is 5.85. The zero-order chi connectivity index (χ0) is 13.8. The van der Waals surface area contributed by atoms with Crippen LogP contribution in [0.25, 0.3) is 0 Å². The smallest absolute Gasteiger partial charge is 0.175 e. The van der Waals surface area contributed by atoms with Crippen LogP contribution in [0, 0.1) is 0 Å². The van der Waals surface area contributed by atoms with E-state index in [2.05, 4.69) is 22.9 Å². The highest BCUT2D eigenvalue weighted by Crippen LogP contribution is 2.37. The number of alkyl halides is 1. The maximum atomic E-state index is 5.85. The summed E-state index contributed by atoms with van der Waals surface area (Å²) in [5.41, 5.74) is 0.989. The molecule has 0 bridgehead atoms. The zero-order valence-electron chi connectivity index (χ0n) is 11.1. The summed E-state index contributed by atoms with van der Waals surface area (Å²) in [6.07, 6.45) is 2.63. The van der Waals surface area contributed by atoms with Crippen LogP contribution >= 0.6 is 27.5 Å². The predicted octanol–water partition coefficient (Wildman–Crippen LogP) is 4.14. The Balaban J connectivity index is 2.06. The SMILES string of the molecule is COc1cc(CCl)cc(Br)c1OCC1CCC(C)O1. The largest absolute Gasteiger partial charge is 0.493 e. The van der Waals surface area contributed by atoms with Gasteiger partial charge in [-0.15, -0.1) is 11.6 Å². The van der Waals surface area contributed by atoms with Crippen molar-refractivity contribution in [2.24, 2.45) is 0 Å². The van der Waals surface area contributed by atoms with Crippen molar-refractivity contribution in [3.8, 4) is 11.5 Å². The minimum atomic E-state index is 0.166. The van der Waals surface area contributed by atoms with Crippen molar-refractivity contribution >= 4 is 27.5 Å². The Morgan fingerprint density at radius 1 is 1.42 bits per heavy atom. The lowest BCUT2D eigenvalue weighted by Gasteiger charge is -2.16. The number of halogens is 2. The monoisotopic (exact) mass is 348 g/mol. The second-order valence-electron chi connectivity index (χ2n) is 4.70. The number of rotatable bonds is 5. The molecule has 1 saturated heterocycles. The van der Waals surface area contributed by atoms with E-state index < -0.39 is 0 Å². The van der Waals surface area contributed by atoms with Gasteiger partial charge in [0.1, 0.15) is 6.61 Å². The van der Waals surface area contributed by atoms with Gasteiger partial charge in [0.25, 0.3) is 0 Å². The molecule has 1 aliphatic heterocycles. The van der Waals surface area contributed by atoms with Gasteiger partial charge in [0.05, 0.1) is 23.8 Å². The van der Waals surface area contributed by atoms with E-state index >= 15 is 0 Å². The Kier molecular flexibility index (Phi) is 5.37. The molecule has 106 valence electrons. The highest BCUT2D eigenvalue weighted by Gasteiger charge is 2.23. The van der Waals surface area contributed by atoms with Crippen molar-refractivity contribution in [1.82, 2.24) is 0 Å². The Morgan fingerprint density at radius 2 is 2.21 bits per heavy atom. The third-order valence-electron chi connectivity index (χ3n) is 3.18. The standard InChI is InChI=1S/C14H18BrClO3/c1-9-3-4-11(19-9)8-18-14-12(15)5-10(7-16)6-13(14)17-2/h5-6,9,11H,3-4,7-8H2,1-2H3. The first-order chi connectivity index (χ1) is 9.13. The number of methoxy groups -OCH3 is 1. The lowest BCUT2D eigenvalue weighted by molar-refractivity contribution is 0.0257. The molecule has 3 nitrogen and oxygen atoms in total. The molecule has 0 aliphatic carbocycles. The summed E-state index contributed by atoms with van der Waals surface area (Å²) in [6, 6.07) is 3.84. The molecule has 0 spiro atoms. The number of hydrogen-bond acceptors (Lipinski definition) is 3. The lowest BCUT2D eigenvalue weighted by Crippen LogP contribution is -2.18. The molecule has 0 amide bonds. The third kappa shape index (κ3) is 3.77. The van der Waals surface area contributed by atoms with Gasteiger partial charge >= 0.3 is 0 Å². The van der Waals surface area contributed by atoms with Crippen LogP contribution in [0.3, 0.4) is 0 Å². The summed E-state index contributed by atoms with van der Waals surface area (Å²) >= 11 is 9.34. The second-order valence-corrected chi connectivity index (χ2v) is 5.82. The van der Waals surface area contributed by atoms with Gasteiger partial charge in [0.2, 0.25) is 0 Å². The minimum Gasteiger partial charge on any atom is -0.493 e. The van der Waals surface area contributed by atoms with Crippen LogP contribution < -0.4 is 9.47 Å². The van der Waals surface area contributed by atoms with Crippen molar-refractivity contribution in [2.75, 3.05) is 13.7 Å². The van der Waals surface area contributed by atoms with E-state index in [0.29, 0.717) is 30.1 Å². The highest BCUT2D eigenvalue weighted by atomic mass is 79.9. The van der Waals surface area contributed by atoms with Gasteiger partial charge in [-0.05, 0) is 53.4 Å². The van der Waals surface area contributed by atoms with Crippen molar-refractivity contribution in [3.05, 3.63) is 22.2 Å². The summed E-state index contributed by atoms with van der Waals surface area (Å²) in [5.74, 6) is 1.84. The number of benzene rings is 1. The summed E-state index contributed by atoms with van der Waals surface area (Å²) in [5, 5.41) is 0. The molecule has 2 rings (SSSR count). The molecule has 1 aromatic rings. The average Bonchev–Trinajstić information content (AvgIpc) is 2.82. The first-order valence-electron chi connectivity index (χ1n) is 6.34. The lowest BCUT2D eigenvalue weighted by atomic mass is 10.2. The van der Waals surface area contributed by atoms with Gasteiger partial charge in [-0.25, -0.2) is 0 Å². The molecular weight excluding hydrogens is 332 g/mol. The summed E-state index contributed by atoms with van der Waals surface area (Å²) in [6.45, 7) is 2.63. The molecule has 5 heteroatoms. The van der Waals surface area contributed by atoms with E-state index in [-0.39, 0.29) is 6.10 Å². The maximum Gasteiger partial charge on any atom is 0.175 e. The Morgan fingerprint density at radius 3 is 2.79 bits per heavy atom. The van der Waals surface area contributed by atoms with Crippen molar-refractivity contribution in [1.29, 1.82) is 0 Å². The van der Waals surface area contributed by atoms with Gasteiger partial charge in [-0.2, -0.15) is 0 Å². The van der Waals surface area contributed by atoms with E-state index in [4.69, 9.17) is 25.8 Å². The average molecular weight is 350 g/mol. The van der Waals surface area contributed by atoms with Crippen molar-refractivity contribution in [3.63, 3.8) is 0 Å². The molecule has 19 heavy (non-hydrogen) atoms. The summed E-state index contributed by atoms with van der Waals surface area (Å²) in [4.78, 5) is 0. The number of hydrogen-bond donors (Lipinski definition) is 0. The zero-order valence-corrected chi connectivity index (χ0v) is 13.5. The molecule has 0 saturated carbocycles. The fourth-order valence-electron chi connectivity index (χ4n) is 2.17. The normalized spacial score (nSPS) is 22.5. The molecule has 2 atom stereocenters. The third-order valence-corrected chi connectivity index (χ3v) is 4.07. The molecular formula is C14H18BrClO3. The van der Waals surface area contributed by atoms with E-state index in [0.717, 1.165) is 22.9 Å². The predicted molar refractivity (Wildman–Crippen MR) is 79.3 cm³/mol. The summed E-state index contributed by atoms with van der Waals surface area (Å²) in [7, 11) is 1.63. The quantitative estimate of drug-likeness (QED) is 0.748. The Labute approximate surface area is 127 Å². The molecule has 2 unspecified atom stereocenters. The van der Waals surface area contributed by atoms with Gasteiger partial charge in [-0.1, -0.05) is 0 Å². The molecule has 1 fully saturated rings. The summed E-state index contributed by atoms with van der Waals surface area (Å²) < 4.78 is 17.8. The molecule has 0 N–H and O–H groups in total. The Hall–Kier alpha value is -0.450. The topological polar surface area (TPSA) is 27.7 Å². The van der Waals surface area contributed by atoms with Crippen molar-refractivity contribution < 1.29 is 14.2 Å². The minimum absolute atomic E-state index is 0.166. The van der Waals surface area contributed by atoms with E-state index in [1.54, 1.807) is 7.11 Å². The number of ether oxygens (including phenoxy) is 3. The van der Waals surface area contributed by atoms with Crippen LogP contribution in [0.4, 0.5) is 0 Å². The van der Waals surface area contributed by atoms with E-state index in [9.17, 15) is 0 Å². The molecule has 0 radical (unpaired) electrons. The molecule has 1 aromatic carbocycles. The molecule has 0 aromatic heterocycles. The van der Waals surface area contributed by atoms with Crippen LogP contribution in [-0.4, -0.2) is 25.9 Å². The van der Waals surface area contributed by atoms with E-state index in [1.165, 1.54) is 0 Å². The first-order valence-corrected chi connectivity index (χ1v) is 7.67. The highest BCUT2D eigenvalue weighted by molar-refractivity contribution is 9.10.